The van der Waals surface area contributed by atoms with Gasteiger partial charge >= 0.3 is 12.1 Å². The maximum Gasteiger partial charge on any atom is 0.420 e. The number of methoxy groups -OCH3 is 1. The van der Waals surface area contributed by atoms with E-state index in [0.29, 0.717) is 0 Å². The van der Waals surface area contributed by atoms with Crippen molar-refractivity contribution in [3.8, 4) is 11.5 Å². The number of ether oxygens (including phenoxy) is 1. The van der Waals surface area contributed by atoms with E-state index in [2.05, 4.69) is 4.74 Å². The van der Waals surface area contributed by atoms with Crippen LogP contribution in [-0.2, 0) is 10.9 Å². The van der Waals surface area contributed by atoms with Crippen LogP contribution in [0.4, 0.5) is 13.2 Å². The SMILES string of the molecule is COC(=O)c1ccc(O)c(O)c1C(F)(F)F. The number of hydrogen-bond donors (Lipinski definition) is 2. The van der Waals surface area contributed by atoms with E-state index in [0.717, 1.165) is 19.2 Å². The maximum atomic E-state index is 12.5. The Kier molecular flexibility index (Phi) is 2.97. The van der Waals surface area contributed by atoms with E-state index in [1.54, 1.807) is 0 Å². The molecule has 0 bridgehead atoms. The van der Waals surface area contributed by atoms with Gasteiger partial charge in [0.1, 0.15) is 5.56 Å². The minimum Gasteiger partial charge on any atom is -0.504 e. The van der Waals surface area contributed by atoms with Crippen LogP contribution in [-0.4, -0.2) is 23.3 Å². The number of phenols is 2. The number of esters is 1. The van der Waals surface area contributed by atoms with E-state index < -0.39 is 34.8 Å². The van der Waals surface area contributed by atoms with Crippen molar-refractivity contribution in [2.45, 2.75) is 6.18 Å². The van der Waals surface area contributed by atoms with E-state index in [9.17, 15) is 18.0 Å². The highest BCUT2D eigenvalue weighted by atomic mass is 19.4. The molecule has 0 saturated heterocycles. The Morgan fingerprint density at radius 1 is 1.31 bits per heavy atom. The summed E-state index contributed by atoms with van der Waals surface area (Å²) in [6.07, 6.45) is -4.97. The van der Waals surface area contributed by atoms with Crippen molar-refractivity contribution >= 4 is 5.97 Å². The van der Waals surface area contributed by atoms with Gasteiger partial charge in [-0.05, 0) is 12.1 Å². The standard InChI is InChI=1S/C9H7F3O4/c1-16-8(15)4-2-3-5(13)7(14)6(4)9(10,11)12/h2-3,13-14H,1H3. The van der Waals surface area contributed by atoms with Crippen molar-refractivity contribution in [1.29, 1.82) is 0 Å². The molecule has 0 aromatic heterocycles. The van der Waals surface area contributed by atoms with Gasteiger partial charge in [0.15, 0.2) is 11.5 Å². The van der Waals surface area contributed by atoms with Gasteiger partial charge in [-0.3, -0.25) is 0 Å². The summed E-state index contributed by atoms with van der Waals surface area (Å²) < 4.78 is 41.7. The Balaban J connectivity index is 3.52. The molecule has 7 heteroatoms. The number of carbonyl (C=O) groups is 1. The smallest absolute Gasteiger partial charge is 0.420 e. The van der Waals surface area contributed by atoms with Gasteiger partial charge < -0.3 is 14.9 Å². The Morgan fingerprint density at radius 3 is 2.31 bits per heavy atom. The van der Waals surface area contributed by atoms with E-state index >= 15 is 0 Å². The predicted molar refractivity (Wildman–Crippen MR) is 46.1 cm³/mol. The zero-order valence-electron chi connectivity index (χ0n) is 8.00. The summed E-state index contributed by atoms with van der Waals surface area (Å²) in [7, 11) is 0.909. The third-order valence-electron chi connectivity index (χ3n) is 1.85. The van der Waals surface area contributed by atoms with Crippen LogP contribution in [0, 0.1) is 0 Å². The topological polar surface area (TPSA) is 66.8 Å². The number of carbonyl (C=O) groups excluding carboxylic acids is 1. The van der Waals surface area contributed by atoms with Crippen molar-refractivity contribution in [3.63, 3.8) is 0 Å². The fourth-order valence-electron chi connectivity index (χ4n) is 1.15. The number of benzene rings is 1. The molecule has 0 aliphatic carbocycles. The molecule has 0 amide bonds. The van der Waals surface area contributed by atoms with Crippen LogP contribution in [0.15, 0.2) is 12.1 Å². The quantitative estimate of drug-likeness (QED) is 0.577. The van der Waals surface area contributed by atoms with Crippen molar-refractivity contribution in [2.75, 3.05) is 7.11 Å². The minimum atomic E-state index is -4.97. The fraction of sp³-hybridized carbons (Fsp3) is 0.222. The van der Waals surface area contributed by atoms with Crippen LogP contribution >= 0.6 is 0 Å². The molecular weight excluding hydrogens is 229 g/mol. The Hall–Kier alpha value is -1.92. The Morgan fingerprint density at radius 2 is 1.88 bits per heavy atom. The van der Waals surface area contributed by atoms with Gasteiger partial charge in [0.25, 0.3) is 0 Å². The van der Waals surface area contributed by atoms with Crippen LogP contribution in [0.5, 0.6) is 11.5 Å². The molecule has 16 heavy (non-hydrogen) atoms. The van der Waals surface area contributed by atoms with Gasteiger partial charge in [-0.2, -0.15) is 13.2 Å². The summed E-state index contributed by atoms with van der Waals surface area (Å²) in [5.41, 5.74) is -2.47. The highest BCUT2D eigenvalue weighted by Gasteiger charge is 2.40. The van der Waals surface area contributed by atoms with Crippen LogP contribution in [0.25, 0.3) is 0 Å². The van der Waals surface area contributed by atoms with Crippen LogP contribution in [0.2, 0.25) is 0 Å². The normalized spacial score (nSPS) is 11.2. The minimum absolute atomic E-state index is 0.726. The zero-order valence-corrected chi connectivity index (χ0v) is 8.00. The molecule has 2 N–H and O–H groups in total. The number of alkyl halides is 3. The van der Waals surface area contributed by atoms with Crippen molar-refractivity contribution in [2.24, 2.45) is 0 Å². The van der Waals surface area contributed by atoms with Gasteiger partial charge in [-0.25, -0.2) is 4.79 Å². The average molecular weight is 236 g/mol. The molecule has 0 aliphatic rings. The first kappa shape index (κ1) is 12.2. The first-order chi connectivity index (χ1) is 7.29. The summed E-state index contributed by atoms with van der Waals surface area (Å²) in [5.74, 6) is -3.60. The molecule has 1 aromatic carbocycles. The van der Waals surface area contributed by atoms with E-state index in [1.165, 1.54) is 0 Å². The lowest BCUT2D eigenvalue weighted by atomic mass is 10.1. The number of phenolic OH excluding ortho intramolecular Hbond substituents is 2. The summed E-state index contributed by atoms with van der Waals surface area (Å²) in [5, 5.41) is 18.0. The first-order valence-electron chi connectivity index (χ1n) is 3.99. The number of rotatable bonds is 1. The molecule has 0 spiro atoms. The number of aromatic hydroxyl groups is 2. The van der Waals surface area contributed by atoms with Crippen molar-refractivity contribution < 1.29 is 32.9 Å². The Labute approximate surface area is 87.9 Å². The third-order valence-corrected chi connectivity index (χ3v) is 1.85. The van der Waals surface area contributed by atoms with Gasteiger partial charge in [-0.15, -0.1) is 0 Å². The predicted octanol–water partition coefficient (Wildman–Crippen LogP) is 1.90. The fourth-order valence-corrected chi connectivity index (χ4v) is 1.15. The number of halogens is 3. The van der Waals surface area contributed by atoms with Gasteiger partial charge in [0.05, 0.1) is 12.7 Å². The molecule has 4 nitrogen and oxygen atoms in total. The molecule has 1 rings (SSSR count). The molecule has 0 saturated carbocycles. The second-order valence-corrected chi connectivity index (χ2v) is 2.85. The summed E-state index contributed by atoms with van der Waals surface area (Å²) in [6.45, 7) is 0. The lowest BCUT2D eigenvalue weighted by Crippen LogP contribution is -2.14. The number of hydrogen-bond acceptors (Lipinski definition) is 4. The van der Waals surface area contributed by atoms with Crippen LogP contribution < -0.4 is 0 Å². The summed E-state index contributed by atoms with van der Waals surface area (Å²) >= 11 is 0. The zero-order chi connectivity index (χ0) is 12.5. The third kappa shape index (κ3) is 2.02. The Bertz CT molecular complexity index is 425. The van der Waals surface area contributed by atoms with Crippen LogP contribution in [0.1, 0.15) is 15.9 Å². The molecule has 0 aliphatic heterocycles. The average Bonchev–Trinajstić information content (AvgIpc) is 2.18. The lowest BCUT2D eigenvalue weighted by molar-refractivity contribution is -0.139. The second-order valence-electron chi connectivity index (χ2n) is 2.85. The van der Waals surface area contributed by atoms with Gasteiger partial charge in [0.2, 0.25) is 0 Å². The molecule has 0 radical (unpaired) electrons. The molecule has 1 aromatic rings. The second kappa shape index (κ2) is 3.92. The largest absolute Gasteiger partial charge is 0.504 e. The van der Waals surface area contributed by atoms with Crippen molar-refractivity contribution in [3.05, 3.63) is 23.3 Å². The molecular formula is C9H7F3O4. The highest BCUT2D eigenvalue weighted by Crippen LogP contribution is 2.42. The van der Waals surface area contributed by atoms with Gasteiger partial charge in [0, 0.05) is 0 Å². The van der Waals surface area contributed by atoms with E-state index in [4.69, 9.17) is 10.2 Å². The lowest BCUT2D eigenvalue weighted by Gasteiger charge is -2.13. The molecule has 0 unspecified atom stereocenters. The molecule has 0 fully saturated rings. The van der Waals surface area contributed by atoms with Gasteiger partial charge in [-0.1, -0.05) is 0 Å². The monoisotopic (exact) mass is 236 g/mol. The molecule has 0 heterocycles. The first-order valence-corrected chi connectivity index (χ1v) is 3.99. The van der Waals surface area contributed by atoms with Crippen molar-refractivity contribution in [1.82, 2.24) is 0 Å². The highest BCUT2D eigenvalue weighted by molar-refractivity contribution is 5.92. The molecule has 0 atom stereocenters. The summed E-state index contributed by atoms with van der Waals surface area (Å²) in [4.78, 5) is 11.0. The maximum absolute atomic E-state index is 12.5. The van der Waals surface area contributed by atoms with Crippen LogP contribution in [0.3, 0.4) is 0 Å². The van der Waals surface area contributed by atoms with E-state index in [-0.39, 0.29) is 0 Å². The molecule has 88 valence electrons. The summed E-state index contributed by atoms with van der Waals surface area (Å²) in [6, 6.07) is 1.50. The van der Waals surface area contributed by atoms with E-state index in [1.807, 2.05) is 0 Å².